The number of hydrogen-bond acceptors (Lipinski definition) is 2. The van der Waals surface area contributed by atoms with Crippen LogP contribution in [0.15, 0.2) is 12.1 Å². The van der Waals surface area contributed by atoms with Crippen molar-refractivity contribution in [3.8, 4) is 0 Å². The summed E-state index contributed by atoms with van der Waals surface area (Å²) in [5, 5.41) is 17.6. The zero-order valence-corrected chi connectivity index (χ0v) is 9.83. The van der Waals surface area contributed by atoms with Crippen LogP contribution in [0.5, 0.6) is 0 Å². The first-order valence-corrected chi connectivity index (χ1v) is 5.10. The Kier molecular flexibility index (Phi) is 3.69. The lowest BCUT2D eigenvalue weighted by molar-refractivity contribution is -0.146. The van der Waals surface area contributed by atoms with Gasteiger partial charge in [-0.2, -0.15) is 0 Å². The minimum Gasteiger partial charge on any atom is -0.481 e. The molecule has 0 radical (unpaired) electrons. The van der Waals surface area contributed by atoms with Crippen LogP contribution in [0.25, 0.3) is 0 Å². The van der Waals surface area contributed by atoms with Gasteiger partial charge in [0.2, 0.25) is 0 Å². The fourth-order valence-corrected chi connectivity index (χ4v) is 1.44. The van der Waals surface area contributed by atoms with Crippen LogP contribution in [0, 0.1) is 17.0 Å². The highest BCUT2D eigenvalue weighted by Crippen LogP contribution is 2.25. The fraction of sp³-hybridized carbons (Fsp3) is 0.333. The standard InChI is InChI=1S/C12H12F2O4/c1-12(2,11(17)18)5-6-3-7(10(15)16)9(14)4-8(6)13/h3-4H,5H2,1-2H3,(H,15,16)(H,17,18). The maximum Gasteiger partial charge on any atom is 0.338 e. The molecule has 0 aliphatic carbocycles. The van der Waals surface area contributed by atoms with E-state index in [2.05, 4.69) is 0 Å². The highest BCUT2D eigenvalue weighted by atomic mass is 19.1. The summed E-state index contributed by atoms with van der Waals surface area (Å²) in [6, 6.07) is 1.29. The highest BCUT2D eigenvalue weighted by Gasteiger charge is 2.29. The SMILES string of the molecule is CC(C)(Cc1cc(C(=O)O)c(F)cc1F)C(=O)O. The molecule has 0 saturated heterocycles. The van der Waals surface area contributed by atoms with E-state index >= 15 is 0 Å². The molecule has 6 heteroatoms. The second kappa shape index (κ2) is 4.72. The predicted molar refractivity (Wildman–Crippen MR) is 58.4 cm³/mol. The Bertz CT molecular complexity index is 509. The number of aliphatic carboxylic acids is 1. The van der Waals surface area contributed by atoms with E-state index in [1.807, 2.05) is 0 Å². The van der Waals surface area contributed by atoms with Crippen LogP contribution in [-0.2, 0) is 11.2 Å². The maximum atomic E-state index is 13.5. The molecule has 0 bridgehead atoms. The quantitative estimate of drug-likeness (QED) is 0.869. The molecule has 18 heavy (non-hydrogen) atoms. The molecule has 0 aromatic heterocycles. The molecule has 0 unspecified atom stereocenters. The van der Waals surface area contributed by atoms with E-state index in [9.17, 15) is 18.4 Å². The average molecular weight is 258 g/mol. The molecule has 0 amide bonds. The summed E-state index contributed by atoms with van der Waals surface area (Å²) in [5.74, 6) is -4.81. The lowest BCUT2D eigenvalue weighted by atomic mass is 9.85. The van der Waals surface area contributed by atoms with E-state index in [-0.39, 0.29) is 12.0 Å². The van der Waals surface area contributed by atoms with E-state index in [1.54, 1.807) is 0 Å². The Morgan fingerprint density at radius 3 is 2.17 bits per heavy atom. The summed E-state index contributed by atoms with van der Waals surface area (Å²) in [7, 11) is 0. The summed E-state index contributed by atoms with van der Waals surface area (Å²) in [6.07, 6.45) is -0.227. The van der Waals surface area contributed by atoms with Gasteiger partial charge >= 0.3 is 11.9 Å². The van der Waals surface area contributed by atoms with E-state index in [4.69, 9.17) is 10.2 Å². The van der Waals surface area contributed by atoms with Gasteiger partial charge in [-0.1, -0.05) is 0 Å². The predicted octanol–water partition coefficient (Wildman–Crippen LogP) is 2.32. The molecule has 0 fully saturated rings. The number of aromatic carboxylic acids is 1. The molecule has 0 atom stereocenters. The largest absolute Gasteiger partial charge is 0.481 e. The molecule has 1 aromatic rings. The molecule has 1 aromatic carbocycles. The third-order valence-electron chi connectivity index (χ3n) is 2.58. The first kappa shape index (κ1) is 14.1. The third kappa shape index (κ3) is 2.82. The zero-order valence-electron chi connectivity index (χ0n) is 9.83. The summed E-state index contributed by atoms with van der Waals surface area (Å²) in [5.41, 5.74) is -2.08. The zero-order chi connectivity index (χ0) is 14.1. The molecule has 0 heterocycles. The second-order valence-corrected chi connectivity index (χ2v) is 4.59. The van der Waals surface area contributed by atoms with Crippen molar-refractivity contribution in [1.82, 2.24) is 0 Å². The van der Waals surface area contributed by atoms with Crippen LogP contribution < -0.4 is 0 Å². The number of carboxylic acid groups (broad SMARTS) is 2. The summed E-state index contributed by atoms with van der Waals surface area (Å²) >= 11 is 0. The molecule has 0 aliphatic heterocycles. The number of carboxylic acids is 2. The lowest BCUT2D eigenvalue weighted by Crippen LogP contribution is -2.26. The van der Waals surface area contributed by atoms with Crippen LogP contribution in [0.2, 0.25) is 0 Å². The van der Waals surface area contributed by atoms with Gasteiger partial charge in [0, 0.05) is 6.07 Å². The molecule has 4 nitrogen and oxygen atoms in total. The van der Waals surface area contributed by atoms with Gasteiger partial charge in [-0.3, -0.25) is 4.79 Å². The fourth-order valence-electron chi connectivity index (χ4n) is 1.44. The Morgan fingerprint density at radius 1 is 1.17 bits per heavy atom. The van der Waals surface area contributed by atoms with E-state index in [0.717, 1.165) is 6.07 Å². The van der Waals surface area contributed by atoms with Crippen molar-refractivity contribution in [2.45, 2.75) is 20.3 Å². The minimum atomic E-state index is -1.53. The van der Waals surface area contributed by atoms with Gasteiger partial charge in [0.15, 0.2) is 0 Å². The molecule has 2 N–H and O–H groups in total. The number of benzene rings is 1. The Hall–Kier alpha value is -1.98. The second-order valence-electron chi connectivity index (χ2n) is 4.59. The maximum absolute atomic E-state index is 13.5. The van der Waals surface area contributed by atoms with Gasteiger partial charge in [0.25, 0.3) is 0 Å². The van der Waals surface area contributed by atoms with Gasteiger partial charge < -0.3 is 10.2 Å². The molecule has 98 valence electrons. The van der Waals surface area contributed by atoms with Crippen LogP contribution >= 0.6 is 0 Å². The van der Waals surface area contributed by atoms with Gasteiger partial charge in [-0.05, 0) is 31.9 Å². The molecule has 0 saturated carbocycles. The van der Waals surface area contributed by atoms with Gasteiger partial charge in [-0.15, -0.1) is 0 Å². The smallest absolute Gasteiger partial charge is 0.338 e. The normalized spacial score (nSPS) is 11.3. The average Bonchev–Trinajstić information content (AvgIpc) is 2.21. The van der Waals surface area contributed by atoms with Crippen molar-refractivity contribution >= 4 is 11.9 Å². The number of halogens is 2. The van der Waals surface area contributed by atoms with Crippen LogP contribution in [0.3, 0.4) is 0 Å². The molecule has 0 spiro atoms. The lowest BCUT2D eigenvalue weighted by Gasteiger charge is -2.19. The Labute approximate surface area is 102 Å². The van der Waals surface area contributed by atoms with Crippen LogP contribution in [0.4, 0.5) is 8.78 Å². The van der Waals surface area contributed by atoms with Crippen molar-refractivity contribution in [2.24, 2.45) is 5.41 Å². The number of rotatable bonds is 4. The third-order valence-corrected chi connectivity index (χ3v) is 2.58. The van der Waals surface area contributed by atoms with Crippen molar-refractivity contribution in [2.75, 3.05) is 0 Å². The van der Waals surface area contributed by atoms with Crippen LogP contribution in [0.1, 0.15) is 29.8 Å². The Morgan fingerprint density at radius 2 is 1.72 bits per heavy atom. The number of hydrogen-bond donors (Lipinski definition) is 2. The van der Waals surface area contributed by atoms with Crippen molar-refractivity contribution in [3.05, 3.63) is 34.9 Å². The van der Waals surface area contributed by atoms with Crippen molar-refractivity contribution < 1.29 is 28.6 Å². The molecule has 1 rings (SSSR count). The molecular weight excluding hydrogens is 246 g/mol. The first-order valence-electron chi connectivity index (χ1n) is 5.10. The summed E-state index contributed by atoms with van der Waals surface area (Å²) in [6.45, 7) is 2.75. The van der Waals surface area contributed by atoms with E-state index < -0.39 is 34.6 Å². The van der Waals surface area contributed by atoms with Crippen molar-refractivity contribution in [3.63, 3.8) is 0 Å². The minimum absolute atomic E-state index is 0.138. The van der Waals surface area contributed by atoms with E-state index in [1.165, 1.54) is 13.8 Å². The highest BCUT2D eigenvalue weighted by molar-refractivity contribution is 5.88. The Balaban J connectivity index is 3.22. The van der Waals surface area contributed by atoms with E-state index in [0.29, 0.717) is 6.07 Å². The van der Waals surface area contributed by atoms with Gasteiger partial charge in [0.1, 0.15) is 11.6 Å². The van der Waals surface area contributed by atoms with Gasteiger partial charge in [0.05, 0.1) is 11.0 Å². The van der Waals surface area contributed by atoms with Crippen molar-refractivity contribution in [1.29, 1.82) is 0 Å². The van der Waals surface area contributed by atoms with Gasteiger partial charge in [-0.25, -0.2) is 13.6 Å². The number of carbonyl (C=O) groups is 2. The first-order chi connectivity index (χ1) is 8.15. The topological polar surface area (TPSA) is 74.6 Å². The summed E-state index contributed by atoms with van der Waals surface area (Å²) < 4.78 is 26.6. The van der Waals surface area contributed by atoms with Crippen LogP contribution in [-0.4, -0.2) is 22.2 Å². The molecular formula is C12H12F2O4. The molecule has 0 aliphatic rings. The summed E-state index contributed by atoms with van der Waals surface area (Å²) in [4.78, 5) is 21.6. The monoisotopic (exact) mass is 258 g/mol.